The number of phenols is 1. The number of carbonyl (C=O) groups is 1. The average molecular weight is 509 g/mol. The summed E-state index contributed by atoms with van der Waals surface area (Å²) in [5, 5.41) is 25.5. The van der Waals surface area contributed by atoms with Gasteiger partial charge in [-0.25, -0.2) is 0 Å². The summed E-state index contributed by atoms with van der Waals surface area (Å²) in [6, 6.07) is 12.4. The van der Waals surface area contributed by atoms with Crippen LogP contribution in [0.3, 0.4) is 0 Å². The third-order valence-corrected chi connectivity index (χ3v) is 9.50. The molecule has 2 aromatic carbocycles. The molecule has 3 saturated carbocycles. The zero-order valence-electron chi connectivity index (χ0n) is 22.5. The smallest absolute Gasteiger partial charge is 0.240 e. The zero-order chi connectivity index (χ0) is 26.5. The number of aliphatic hydroxyl groups is 1. The van der Waals surface area contributed by atoms with Gasteiger partial charge in [-0.3, -0.25) is 9.63 Å². The number of methoxy groups -OCH3 is 1. The molecule has 4 aliphatic rings. The topological polar surface area (TPSA) is 91.3 Å². The Labute approximate surface area is 219 Å². The van der Waals surface area contributed by atoms with E-state index in [4.69, 9.17) is 9.57 Å². The highest BCUT2D eigenvalue weighted by Crippen LogP contribution is 2.61. The first-order valence-corrected chi connectivity index (χ1v) is 13.4. The number of hydrogen-bond acceptors (Lipinski definition) is 6. The molecule has 6 rings (SSSR count). The predicted octanol–water partition coefficient (Wildman–Crippen LogP) is 4.37. The third-order valence-electron chi connectivity index (χ3n) is 9.50. The first-order chi connectivity index (χ1) is 17.6. The van der Waals surface area contributed by atoms with Crippen molar-refractivity contribution in [2.45, 2.75) is 65.3 Å². The van der Waals surface area contributed by atoms with Crippen LogP contribution in [0.15, 0.2) is 42.5 Å². The van der Waals surface area contributed by atoms with Gasteiger partial charge < -0.3 is 20.3 Å². The van der Waals surface area contributed by atoms with Crippen molar-refractivity contribution in [1.29, 1.82) is 0 Å². The Morgan fingerprint density at radius 2 is 2.00 bits per heavy atom. The van der Waals surface area contributed by atoms with Gasteiger partial charge in [0.05, 0.1) is 26.4 Å². The number of carbonyl (C=O) groups excluding carboxylic acids is 1. The van der Waals surface area contributed by atoms with Crippen LogP contribution >= 0.6 is 0 Å². The van der Waals surface area contributed by atoms with Crippen LogP contribution in [0.4, 0.5) is 0 Å². The molecule has 1 unspecified atom stereocenters. The highest BCUT2D eigenvalue weighted by Gasteiger charge is 2.57. The number of rotatable bonds is 7. The van der Waals surface area contributed by atoms with Crippen molar-refractivity contribution in [3.63, 3.8) is 0 Å². The Kier molecular flexibility index (Phi) is 6.98. The molecule has 2 bridgehead atoms. The quantitative estimate of drug-likeness (QED) is 0.515. The number of nitrogens with zero attached hydrogens (tertiary/aromatic N) is 1. The van der Waals surface area contributed by atoms with E-state index in [1.165, 1.54) is 6.42 Å². The molecule has 1 aliphatic heterocycles. The Morgan fingerprint density at radius 3 is 2.65 bits per heavy atom. The van der Waals surface area contributed by atoms with Crippen LogP contribution in [0.25, 0.3) is 11.1 Å². The van der Waals surface area contributed by atoms with Crippen molar-refractivity contribution in [3.05, 3.63) is 48.0 Å². The maximum atomic E-state index is 13.7. The van der Waals surface area contributed by atoms with E-state index in [1.807, 2.05) is 24.3 Å². The third kappa shape index (κ3) is 4.62. The molecule has 2 aromatic rings. The molecule has 7 heteroatoms. The molecule has 3 aliphatic carbocycles. The van der Waals surface area contributed by atoms with Crippen molar-refractivity contribution in [1.82, 2.24) is 10.4 Å². The zero-order valence-corrected chi connectivity index (χ0v) is 22.5. The molecule has 0 aromatic heterocycles. The minimum atomic E-state index is -0.683. The molecule has 37 heavy (non-hydrogen) atoms. The van der Waals surface area contributed by atoms with Crippen LogP contribution in [0.2, 0.25) is 0 Å². The van der Waals surface area contributed by atoms with Gasteiger partial charge in [-0.05, 0) is 60.6 Å². The summed E-state index contributed by atoms with van der Waals surface area (Å²) in [7, 11) is 1.62. The number of amides is 1. The van der Waals surface area contributed by atoms with Gasteiger partial charge in [-0.1, -0.05) is 51.1 Å². The maximum Gasteiger partial charge on any atom is 0.240 e. The summed E-state index contributed by atoms with van der Waals surface area (Å²) in [5.74, 6) is 2.13. The standard InChI is InChI=1S/C30H40N2O5/c1-17-25-13-21(30(25,3)4)14-26(17)31-29(35)27-24(18(2)33)16-37-32(27)15-20-9-7-11-23(28(20)36-5)19-8-6-10-22(34)12-19/h6-12,17-18,21,24-27,33-34H,13-16H2,1-5H3,(H,31,35)/t17-,18-,21+,24-,25-,26-,27?/m0/s1. The van der Waals surface area contributed by atoms with Gasteiger partial charge in [0, 0.05) is 23.1 Å². The highest BCUT2D eigenvalue weighted by atomic mass is 16.7. The van der Waals surface area contributed by atoms with Crippen molar-refractivity contribution >= 4 is 5.91 Å². The monoisotopic (exact) mass is 508 g/mol. The largest absolute Gasteiger partial charge is 0.508 e. The van der Waals surface area contributed by atoms with E-state index in [0.717, 1.165) is 23.1 Å². The van der Waals surface area contributed by atoms with Crippen molar-refractivity contribution in [3.8, 4) is 22.6 Å². The molecule has 0 radical (unpaired) electrons. The number of hydroxylamine groups is 2. The normalized spacial score (nSPS) is 31.4. The molecule has 3 N–H and O–H groups in total. The molecule has 4 fully saturated rings. The lowest BCUT2D eigenvalue weighted by Gasteiger charge is -2.62. The molecule has 1 heterocycles. The van der Waals surface area contributed by atoms with E-state index in [2.05, 4.69) is 26.1 Å². The summed E-state index contributed by atoms with van der Waals surface area (Å²) in [4.78, 5) is 19.8. The second-order valence-corrected chi connectivity index (χ2v) is 11.8. The van der Waals surface area contributed by atoms with E-state index < -0.39 is 12.1 Å². The fourth-order valence-corrected chi connectivity index (χ4v) is 7.07. The summed E-state index contributed by atoms with van der Waals surface area (Å²) in [5.41, 5.74) is 2.90. The van der Waals surface area contributed by atoms with Gasteiger partial charge in [0.1, 0.15) is 17.5 Å². The van der Waals surface area contributed by atoms with Gasteiger partial charge >= 0.3 is 0 Å². The first-order valence-electron chi connectivity index (χ1n) is 13.4. The number of benzene rings is 2. The number of para-hydroxylation sites is 1. The molecular weight excluding hydrogens is 468 g/mol. The van der Waals surface area contributed by atoms with Crippen LogP contribution in [0.1, 0.15) is 46.1 Å². The second kappa shape index (κ2) is 9.93. The minimum Gasteiger partial charge on any atom is -0.508 e. The van der Waals surface area contributed by atoms with Crippen LogP contribution in [-0.4, -0.2) is 53.1 Å². The van der Waals surface area contributed by atoms with Crippen LogP contribution in [-0.2, 0) is 16.2 Å². The minimum absolute atomic E-state index is 0.0811. The number of nitrogens with one attached hydrogen (secondary N) is 1. The SMILES string of the molecule is COc1c(CN2OC[C@@H]([C@H](C)O)C2C(=O)N[C@H]2C[C@H]3C[C@@H]([C@@H]2C)C3(C)C)cccc1-c1cccc(O)c1. The Hall–Kier alpha value is -2.61. The van der Waals surface area contributed by atoms with Crippen molar-refractivity contribution in [2.75, 3.05) is 13.7 Å². The van der Waals surface area contributed by atoms with Crippen LogP contribution in [0, 0.1) is 29.1 Å². The predicted molar refractivity (Wildman–Crippen MR) is 142 cm³/mol. The molecule has 7 nitrogen and oxygen atoms in total. The summed E-state index contributed by atoms with van der Waals surface area (Å²) in [6.07, 6.45) is 1.57. The van der Waals surface area contributed by atoms with E-state index in [-0.39, 0.29) is 30.2 Å². The van der Waals surface area contributed by atoms with Crippen molar-refractivity contribution in [2.24, 2.45) is 29.1 Å². The molecular formula is C30H40N2O5. The van der Waals surface area contributed by atoms with E-state index >= 15 is 0 Å². The summed E-state index contributed by atoms with van der Waals surface area (Å²) < 4.78 is 5.81. The lowest BCUT2D eigenvalue weighted by molar-refractivity contribution is -0.161. The molecule has 1 amide bonds. The lowest BCUT2D eigenvalue weighted by atomic mass is 9.45. The fraction of sp³-hybridized carbons (Fsp3) is 0.567. The average Bonchev–Trinajstić information content (AvgIpc) is 3.28. The Bertz CT molecular complexity index is 1150. The maximum absolute atomic E-state index is 13.7. The Morgan fingerprint density at radius 1 is 1.24 bits per heavy atom. The highest BCUT2D eigenvalue weighted by molar-refractivity contribution is 5.83. The number of aromatic hydroxyl groups is 1. The number of phenolic OH excluding ortho intramolecular Hbond substituents is 1. The van der Waals surface area contributed by atoms with Gasteiger partial charge in [0.2, 0.25) is 5.91 Å². The summed E-state index contributed by atoms with van der Waals surface area (Å²) in [6.45, 7) is 9.31. The molecule has 0 spiro atoms. The van der Waals surface area contributed by atoms with Gasteiger partial charge in [-0.2, -0.15) is 5.06 Å². The van der Waals surface area contributed by atoms with E-state index in [9.17, 15) is 15.0 Å². The van der Waals surface area contributed by atoms with Gasteiger partial charge in [0.15, 0.2) is 0 Å². The second-order valence-electron chi connectivity index (χ2n) is 11.8. The number of hydrogen-bond donors (Lipinski definition) is 3. The van der Waals surface area contributed by atoms with E-state index in [1.54, 1.807) is 37.3 Å². The molecule has 1 saturated heterocycles. The number of aliphatic hydroxyl groups excluding tert-OH is 1. The van der Waals surface area contributed by atoms with Crippen LogP contribution < -0.4 is 10.1 Å². The first kappa shape index (κ1) is 26.0. The molecule has 200 valence electrons. The number of fused-ring (bicyclic) bond motifs is 2. The summed E-state index contributed by atoms with van der Waals surface area (Å²) >= 11 is 0. The van der Waals surface area contributed by atoms with Crippen molar-refractivity contribution < 1.29 is 24.6 Å². The Balaban J connectivity index is 1.37. The molecule has 7 atom stereocenters. The number of ether oxygens (including phenoxy) is 1. The fourth-order valence-electron chi connectivity index (χ4n) is 7.07. The lowest BCUT2D eigenvalue weighted by Crippen LogP contribution is -2.62. The van der Waals surface area contributed by atoms with Gasteiger partial charge in [0.25, 0.3) is 0 Å². The van der Waals surface area contributed by atoms with Crippen LogP contribution in [0.5, 0.6) is 11.5 Å². The van der Waals surface area contributed by atoms with Gasteiger partial charge in [-0.15, -0.1) is 0 Å². The van der Waals surface area contributed by atoms with E-state index in [0.29, 0.717) is 35.5 Å².